The van der Waals surface area contributed by atoms with E-state index in [1.807, 2.05) is 32.0 Å². The second-order valence-corrected chi connectivity index (χ2v) is 6.81. The van der Waals surface area contributed by atoms with Crippen LogP contribution in [0.15, 0.2) is 48.2 Å². The van der Waals surface area contributed by atoms with Gasteiger partial charge in [-0.05, 0) is 38.1 Å². The molecule has 1 N–H and O–H groups in total. The van der Waals surface area contributed by atoms with Crippen LogP contribution in [-0.4, -0.2) is 45.6 Å². The Morgan fingerprint density at radius 3 is 2.62 bits per heavy atom. The van der Waals surface area contributed by atoms with E-state index in [2.05, 4.69) is 4.98 Å². The van der Waals surface area contributed by atoms with E-state index >= 15 is 0 Å². The number of fused-ring (bicyclic) bond motifs is 1. The van der Waals surface area contributed by atoms with Gasteiger partial charge in [-0.2, -0.15) is 0 Å². The second-order valence-electron chi connectivity index (χ2n) is 6.81. The van der Waals surface area contributed by atoms with Crippen molar-refractivity contribution < 1.29 is 19.4 Å². The predicted molar refractivity (Wildman–Crippen MR) is 98.0 cm³/mol. The molecule has 3 rings (SSSR count). The molecule has 6 heteroatoms. The summed E-state index contributed by atoms with van der Waals surface area (Å²) in [5, 5.41) is 10.7. The molecule has 2 heterocycles. The summed E-state index contributed by atoms with van der Waals surface area (Å²) in [5.74, 6) is -0.587. The number of piperidine rings is 1. The highest BCUT2D eigenvalue weighted by molar-refractivity contribution is 5.88. The number of amides is 1. The number of ether oxygens (including phenoxy) is 1. The molecule has 0 atom stereocenters. The molecule has 1 aromatic heterocycles. The van der Waals surface area contributed by atoms with Crippen LogP contribution in [0.25, 0.3) is 10.9 Å². The summed E-state index contributed by atoms with van der Waals surface area (Å²) in [6.07, 6.45) is 3.78. The van der Waals surface area contributed by atoms with Crippen molar-refractivity contribution in [2.24, 2.45) is 0 Å². The highest BCUT2D eigenvalue weighted by atomic mass is 16.5. The fourth-order valence-electron chi connectivity index (χ4n) is 3.13. The number of carbonyl (C=O) groups excluding carboxylic acids is 1. The van der Waals surface area contributed by atoms with Gasteiger partial charge in [0.15, 0.2) is 0 Å². The number of aliphatic carboxylic acids is 1. The Labute approximate surface area is 152 Å². The molecular weight excluding hydrogens is 332 g/mol. The Morgan fingerprint density at radius 1 is 1.23 bits per heavy atom. The highest BCUT2D eigenvalue weighted by Gasteiger charge is 2.44. The van der Waals surface area contributed by atoms with Gasteiger partial charge in [-0.1, -0.05) is 11.6 Å². The second kappa shape index (κ2) is 7.15. The van der Waals surface area contributed by atoms with Gasteiger partial charge in [0.05, 0.1) is 5.52 Å². The van der Waals surface area contributed by atoms with Crippen LogP contribution >= 0.6 is 0 Å². The average molecular weight is 354 g/mol. The topological polar surface area (TPSA) is 79.7 Å². The molecule has 136 valence electrons. The SMILES string of the molecule is CC(C)=CC(=O)N1CCC(Oc2ccc3ncccc3c2)(C(=O)O)CC1. The van der Waals surface area contributed by atoms with E-state index in [1.165, 1.54) is 0 Å². The molecule has 0 spiro atoms. The van der Waals surface area contributed by atoms with Crippen molar-refractivity contribution in [2.45, 2.75) is 32.3 Å². The first kappa shape index (κ1) is 17.9. The highest BCUT2D eigenvalue weighted by Crippen LogP contribution is 2.31. The number of allylic oxidation sites excluding steroid dienone is 1. The Morgan fingerprint density at radius 2 is 1.96 bits per heavy atom. The summed E-state index contributed by atoms with van der Waals surface area (Å²) in [4.78, 5) is 30.0. The van der Waals surface area contributed by atoms with Crippen molar-refractivity contribution in [1.82, 2.24) is 9.88 Å². The first-order chi connectivity index (χ1) is 12.4. The lowest BCUT2D eigenvalue weighted by Gasteiger charge is -2.38. The van der Waals surface area contributed by atoms with Crippen LogP contribution in [0.5, 0.6) is 5.75 Å². The van der Waals surface area contributed by atoms with Crippen molar-refractivity contribution in [3.63, 3.8) is 0 Å². The summed E-state index contributed by atoms with van der Waals surface area (Å²) >= 11 is 0. The van der Waals surface area contributed by atoms with Crippen LogP contribution in [0.1, 0.15) is 26.7 Å². The first-order valence-electron chi connectivity index (χ1n) is 8.61. The third kappa shape index (κ3) is 3.69. The summed E-state index contributed by atoms with van der Waals surface area (Å²) in [6.45, 7) is 4.43. The van der Waals surface area contributed by atoms with Crippen molar-refractivity contribution in [3.05, 3.63) is 48.2 Å². The smallest absolute Gasteiger partial charge is 0.348 e. The summed E-state index contributed by atoms with van der Waals surface area (Å²) in [7, 11) is 0. The van der Waals surface area contributed by atoms with Gasteiger partial charge in [0.25, 0.3) is 0 Å². The number of hydrogen-bond donors (Lipinski definition) is 1. The van der Waals surface area contributed by atoms with Crippen LogP contribution in [0.2, 0.25) is 0 Å². The molecule has 0 unspecified atom stereocenters. The molecule has 2 aromatic rings. The van der Waals surface area contributed by atoms with Crippen LogP contribution in [-0.2, 0) is 9.59 Å². The van der Waals surface area contributed by atoms with Gasteiger partial charge in [0.2, 0.25) is 11.5 Å². The quantitative estimate of drug-likeness (QED) is 0.854. The minimum absolute atomic E-state index is 0.0826. The number of likely N-dealkylation sites (tertiary alicyclic amines) is 1. The molecule has 26 heavy (non-hydrogen) atoms. The number of carbonyl (C=O) groups is 2. The number of benzene rings is 1. The Balaban J connectivity index is 1.78. The van der Waals surface area contributed by atoms with E-state index in [0.717, 1.165) is 16.5 Å². The first-order valence-corrected chi connectivity index (χ1v) is 8.61. The molecule has 0 aliphatic carbocycles. The van der Waals surface area contributed by atoms with Gasteiger partial charge >= 0.3 is 5.97 Å². The number of pyridine rings is 1. The van der Waals surface area contributed by atoms with E-state index < -0.39 is 11.6 Å². The third-order valence-electron chi connectivity index (χ3n) is 4.57. The lowest BCUT2D eigenvalue weighted by Crippen LogP contribution is -2.54. The lowest BCUT2D eigenvalue weighted by atomic mass is 9.91. The van der Waals surface area contributed by atoms with E-state index in [9.17, 15) is 14.7 Å². The Hall–Kier alpha value is -2.89. The molecule has 6 nitrogen and oxygen atoms in total. The van der Waals surface area contributed by atoms with Gasteiger partial charge in [0, 0.05) is 43.6 Å². The number of carboxylic acid groups (broad SMARTS) is 1. The zero-order chi connectivity index (χ0) is 18.7. The standard InChI is InChI=1S/C20H22N2O4/c1-14(2)12-18(23)22-10-7-20(8-11-22,19(24)25)26-16-5-6-17-15(13-16)4-3-9-21-17/h3-6,9,12-13H,7-8,10-11H2,1-2H3,(H,24,25). The molecule has 1 saturated heterocycles. The third-order valence-corrected chi connectivity index (χ3v) is 4.57. The van der Waals surface area contributed by atoms with Crippen LogP contribution < -0.4 is 4.74 Å². The number of aromatic nitrogens is 1. The molecule has 1 aliphatic rings. The molecule has 0 saturated carbocycles. The van der Waals surface area contributed by atoms with Crippen LogP contribution in [0.4, 0.5) is 0 Å². The minimum Gasteiger partial charge on any atom is -0.478 e. The number of nitrogens with zero attached hydrogens (tertiary/aromatic N) is 2. The fourth-order valence-corrected chi connectivity index (χ4v) is 3.13. The van der Waals surface area contributed by atoms with Crippen LogP contribution in [0, 0.1) is 0 Å². The molecule has 1 fully saturated rings. The van der Waals surface area contributed by atoms with Gasteiger partial charge in [0.1, 0.15) is 5.75 Å². The molecule has 0 bridgehead atoms. The fraction of sp³-hybridized carbons (Fsp3) is 0.350. The Bertz CT molecular complexity index is 863. The van der Waals surface area contributed by atoms with Crippen molar-refractivity contribution in [2.75, 3.05) is 13.1 Å². The van der Waals surface area contributed by atoms with E-state index in [0.29, 0.717) is 18.8 Å². The molecular formula is C20H22N2O4. The molecule has 0 radical (unpaired) electrons. The maximum Gasteiger partial charge on any atom is 0.348 e. The molecule has 1 amide bonds. The minimum atomic E-state index is -1.32. The monoisotopic (exact) mass is 354 g/mol. The number of rotatable bonds is 4. The van der Waals surface area contributed by atoms with Crippen molar-refractivity contribution in [1.29, 1.82) is 0 Å². The largest absolute Gasteiger partial charge is 0.478 e. The average Bonchev–Trinajstić information content (AvgIpc) is 2.61. The van der Waals surface area contributed by atoms with E-state index in [4.69, 9.17) is 4.74 Å². The zero-order valence-electron chi connectivity index (χ0n) is 14.9. The maximum absolute atomic E-state index is 12.1. The van der Waals surface area contributed by atoms with Crippen molar-refractivity contribution >= 4 is 22.8 Å². The van der Waals surface area contributed by atoms with E-state index in [1.54, 1.807) is 29.3 Å². The van der Waals surface area contributed by atoms with E-state index in [-0.39, 0.29) is 18.7 Å². The summed E-state index contributed by atoms with van der Waals surface area (Å²) < 4.78 is 5.94. The van der Waals surface area contributed by atoms with Gasteiger partial charge in [-0.25, -0.2) is 4.79 Å². The zero-order valence-corrected chi connectivity index (χ0v) is 14.9. The maximum atomic E-state index is 12.1. The van der Waals surface area contributed by atoms with Crippen molar-refractivity contribution in [3.8, 4) is 5.75 Å². The summed E-state index contributed by atoms with van der Waals surface area (Å²) in [5.41, 5.74) is 0.426. The normalized spacial score (nSPS) is 16.2. The summed E-state index contributed by atoms with van der Waals surface area (Å²) in [6, 6.07) is 9.08. The predicted octanol–water partition coefficient (Wildman–Crippen LogP) is 3.03. The van der Waals surface area contributed by atoms with Gasteiger partial charge < -0.3 is 14.7 Å². The lowest BCUT2D eigenvalue weighted by molar-refractivity contribution is -0.161. The number of carboxylic acids is 1. The van der Waals surface area contributed by atoms with Crippen LogP contribution in [0.3, 0.4) is 0 Å². The molecule has 1 aliphatic heterocycles. The van der Waals surface area contributed by atoms with Gasteiger partial charge in [-0.15, -0.1) is 0 Å². The number of hydrogen-bond acceptors (Lipinski definition) is 4. The molecule has 1 aromatic carbocycles. The Kier molecular flexibility index (Phi) is 4.93. The van der Waals surface area contributed by atoms with Gasteiger partial charge in [-0.3, -0.25) is 9.78 Å².